The second-order valence-electron chi connectivity index (χ2n) is 4.63. The van der Waals surface area contributed by atoms with Crippen molar-refractivity contribution in [1.82, 2.24) is 5.32 Å². The Balaban J connectivity index is 1.72. The lowest BCUT2D eigenvalue weighted by atomic mass is 10.0. The smallest absolute Gasteiger partial charge is 0.0526 e. The van der Waals surface area contributed by atoms with Crippen LogP contribution in [0, 0.1) is 11.3 Å². The number of hydrogen-bond donors (Lipinski definition) is 1. The van der Waals surface area contributed by atoms with Gasteiger partial charge in [0.2, 0.25) is 0 Å². The van der Waals surface area contributed by atoms with Gasteiger partial charge >= 0.3 is 0 Å². The average Bonchev–Trinajstić information content (AvgIpc) is 2.42. The molecule has 1 saturated heterocycles. The Kier molecular flexibility index (Phi) is 2.13. The van der Waals surface area contributed by atoms with Crippen molar-refractivity contribution in [2.24, 2.45) is 11.3 Å². The highest BCUT2D eigenvalue weighted by atomic mass is 16.5. The Bertz CT molecular complexity index is 161. The molecule has 2 unspecified atom stereocenters. The molecular formula is C10H19NO. The van der Waals surface area contributed by atoms with Gasteiger partial charge in [0, 0.05) is 18.1 Å². The van der Waals surface area contributed by atoms with Gasteiger partial charge in [-0.2, -0.15) is 0 Å². The molecule has 1 spiro atoms. The van der Waals surface area contributed by atoms with Gasteiger partial charge in [-0.3, -0.25) is 0 Å². The van der Waals surface area contributed by atoms with Crippen molar-refractivity contribution < 1.29 is 4.74 Å². The lowest BCUT2D eigenvalue weighted by Crippen LogP contribution is -2.26. The third-order valence-electron chi connectivity index (χ3n) is 3.27. The first-order valence-electron chi connectivity index (χ1n) is 5.04. The van der Waals surface area contributed by atoms with E-state index in [4.69, 9.17) is 4.74 Å². The normalized spacial score (nSPS) is 39.8. The average molecular weight is 169 g/mol. The molecule has 2 rings (SSSR count). The van der Waals surface area contributed by atoms with Crippen LogP contribution in [0.25, 0.3) is 0 Å². The second-order valence-corrected chi connectivity index (χ2v) is 4.63. The van der Waals surface area contributed by atoms with Gasteiger partial charge < -0.3 is 10.1 Å². The van der Waals surface area contributed by atoms with E-state index in [1.54, 1.807) is 0 Å². The van der Waals surface area contributed by atoms with Gasteiger partial charge in [-0.05, 0) is 25.3 Å². The lowest BCUT2D eigenvalue weighted by Gasteiger charge is -2.09. The van der Waals surface area contributed by atoms with E-state index in [9.17, 15) is 0 Å². The predicted molar refractivity (Wildman–Crippen MR) is 49.1 cm³/mol. The maximum Gasteiger partial charge on any atom is 0.0526 e. The van der Waals surface area contributed by atoms with E-state index < -0.39 is 0 Å². The molecule has 0 amide bonds. The lowest BCUT2D eigenvalue weighted by molar-refractivity contribution is 0.178. The molecular weight excluding hydrogens is 150 g/mol. The highest BCUT2D eigenvalue weighted by Gasteiger charge is 2.55. The van der Waals surface area contributed by atoms with Crippen LogP contribution >= 0.6 is 0 Å². The number of nitrogens with one attached hydrogen (secondary N) is 1. The van der Waals surface area contributed by atoms with Gasteiger partial charge in [-0.1, -0.05) is 13.8 Å². The predicted octanol–water partition coefficient (Wildman–Crippen LogP) is 1.41. The van der Waals surface area contributed by atoms with Gasteiger partial charge in [-0.15, -0.1) is 0 Å². The summed E-state index contributed by atoms with van der Waals surface area (Å²) in [5.74, 6) is 0.905. The van der Waals surface area contributed by atoms with Crippen molar-refractivity contribution in [2.45, 2.75) is 32.7 Å². The van der Waals surface area contributed by atoms with Crippen LogP contribution in [0.15, 0.2) is 0 Å². The van der Waals surface area contributed by atoms with Gasteiger partial charge in [0.1, 0.15) is 0 Å². The van der Waals surface area contributed by atoms with E-state index in [1.165, 1.54) is 19.4 Å². The van der Waals surface area contributed by atoms with Crippen LogP contribution in [0.1, 0.15) is 26.7 Å². The fraction of sp³-hybridized carbons (Fsp3) is 1.00. The molecule has 2 aliphatic rings. The summed E-state index contributed by atoms with van der Waals surface area (Å²) >= 11 is 0. The van der Waals surface area contributed by atoms with Crippen LogP contribution in [-0.2, 0) is 4.74 Å². The first-order chi connectivity index (χ1) is 5.73. The van der Waals surface area contributed by atoms with E-state index in [0.717, 1.165) is 19.1 Å². The van der Waals surface area contributed by atoms with Crippen molar-refractivity contribution in [2.75, 3.05) is 19.8 Å². The third kappa shape index (κ3) is 1.50. The van der Waals surface area contributed by atoms with Gasteiger partial charge in [0.25, 0.3) is 0 Å². The molecule has 2 heteroatoms. The minimum absolute atomic E-state index is 0.613. The van der Waals surface area contributed by atoms with Crippen LogP contribution in [-0.4, -0.2) is 25.8 Å². The Morgan fingerprint density at radius 2 is 2.42 bits per heavy atom. The first-order valence-corrected chi connectivity index (χ1v) is 5.04. The third-order valence-corrected chi connectivity index (χ3v) is 3.27. The summed E-state index contributed by atoms with van der Waals surface area (Å²) in [7, 11) is 0. The highest BCUT2D eigenvalue weighted by molar-refractivity contribution is 5.05. The van der Waals surface area contributed by atoms with Crippen LogP contribution < -0.4 is 5.32 Å². The fourth-order valence-corrected chi connectivity index (χ4v) is 2.20. The Hall–Kier alpha value is -0.0800. The summed E-state index contributed by atoms with van der Waals surface area (Å²) < 4.78 is 5.43. The Morgan fingerprint density at radius 1 is 1.58 bits per heavy atom. The molecule has 70 valence electrons. The van der Waals surface area contributed by atoms with Crippen LogP contribution in [0.5, 0.6) is 0 Å². The Labute approximate surface area is 74.7 Å². The summed E-state index contributed by atoms with van der Waals surface area (Å²) in [5.41, 5.74) is 0.613. The van der Waals surface area contributed by atoms with Crippen molar-refractivity contribution >= 4 is 0 Å². The summed E-state index contributed by atoms with van der Waals surface area (Å²) in [4.78, 5) is 0. The van der Waals surface area contributed by atoms with E-state index in [-0.39, 0.29) is 0 Å². The minimum Gasteiger partial charge on any atom is -0.381 e. The van der Waals surface area contributed by atoms with E-state index in [0.29, 0.717) is 11.5 Å². The Morgan fingerprint density at radius 3 is 3.00 bits per heavy atom. The zero-order valence-electron chi connectivity index (χ0n) is 8.10. The summed E-state index contributed by atoms with van der Waals surface area (Å²) in [6.07, 6.45) is 2.70. The van der Waals surface area contributed by atoms with Crippen LogP contribution in [0.2, 0.25) is 0 Å². The SMILES string of the molecule is CC(C)NCC1CC12CCOC2. The molecule has 12 heavy (non-hydrogen) atoms. The van der Waals surface area contributed by atoms with Crippen molar-refractivity contribution in [3.05, 3.63) is 0 Å². The van der Waals surface area contributed by atoms with Gasteiger partial charge in [0.05, 0.1) is 6.61 Å². The zero-order valence-corrected chi connectivity index (χ0v) is 8.10. The fourth-order valence-electron chi connectivity index (χ4n) is 2.20. The zero-order chi connectivity index (χ0) is 8.60. The molecule has 0 radical (unpaired) electrons. The molecule has 1 aliphatic carbocycles. The maximum atomic E-state index is 5.43. The number of rotatable bonds is 3. The number of ether oxygens (including phenoxy) is 1. The highest BCUT2D eigenvalue weighted by Crippen LogP contribution is 2.57. The summed E-state index contributed by atoms with van der Waals surface area (Å²) in [6.45, 7) is 7.64. The molecule has 2 fully saturated rings. The van der Waals surface area contributed by atoms with E-state index >= 15 is 0 Å². The second kappa shape index (κ2) is 3.00. The van der Waals surface area contributed by atoms with Crippen molar-refractivity contribution in [1.29, 1.82) is 0 Å². The van der Waals surface area contributed by atoms with Crippen LogP contribution in [0.3, 0.4) is 0 Å². The molecule has 0 aromatic carbocycles. The molecule has 0 aromatic rings. The van der Waals surface area contributed by atoms with Gasteiger partial charge in [0.15, 0.2) is 0 Å². The molecule has 0 aromatic heterocycles. The summed E-state index contributed by atoms with van der Waals surface area (Å²) in [5, 5.41) is 3.50. The number of hydrogen-bond acceptors (Lipinski definition) is 2. The van der Waals surface area contributed by atoms with Crippen molar-refractivity contribution in [3.8, 4) is 0 Å². The van der Waals surface area contributed by atoms with Crippen LogP contribution in [0.4, 0.5) is 0 Å². The maximum absolute atomic E-state index is 5.43. The molecule has 1 saturated carbocycles. The summed E-state index contributed by atoms with van der Waals surface area (Å²) in [6, 6.07) is 0.630. The molecule has 1 N–H and O–H groups in total. The van der Waals surface area contributed by atoms with E-state index in [1.807, 2.05) is 0 Å². The monoisotopic (exact) mass is 169 g/mol. The standard InChI is InChI=1S/C10H19NO/c1-8(2)11-6-9-5-10(9)3-4-12-7-10/h8-9,11H,3-7H2,1-2H3. The van der Waals surface area contributed by atoms with Crippen molar-refractivity contribution in [3.63, 3.8) is 0 Å². The van der Waals surface area contributed by atoms with E-state index in [2.05, 4.69) is 19.2 Å². The minimum atomic E-state index is 0.613. The van der Waals surface area contributed by atoms with Gasteiger partial charge in [-0.25, -0.2) is 0 Å². The quantitative estimate of drug-likeness (QED) is 0.689. The molecule has 0 bridgehead atoms. The first kappa shape index (κ1) is 8.52. The molecule has 1 heterocycles. The topological polar surface area (TPSA) is 21.3 Å². The molecule has 2 nitrogen and oxygen atoms in total. The molecule has 1 aliphatic heterocycles. The molecule has 2 atom stereocenters. The largest absolute Gasteiger partial charge is 0.381 e.